The summed E-state index contributed by atoms with van der Waals surface area (Å²) in [6, 6.07) is 15.1. The van der Waals surface area contributed by atoms with Gasteiger partial charge in [0.2, 0.25) is 6.79 Å². The van der Waals surface area contributed by atoms with Gasteiger partial charge in [0.15, 0.2) is 11.5 Å². The van der Waals surface area contributed by atoms with Crippen LogP contribution < -0.4 is 25.0 Å². The Hall–Kier alpha value is -4.34. The van der Waals surface area contributed by atoms with Gasteiger partial charge in [0, 0.05) is 51.0 Å². The van der Waals surface area contributed by atoms with Gasteiger partial charge in [0.1, 0.15) is 11.6 Å². The molecule has 36 heavy (non-hydrogen) atoms. The van der Waals surface area contributed by atoms with Crippen molar-refractivity contribution in [2.24, 2.45) is 0 Å². The monoisotopic (exact) mass is 491 g/mol. The summed E-state index contributed by atoms with van der Waals surface area (Å²) in [5, 5.41) is 5.72. The lowest BCUT2D eigenvalue weighted by atomic mass is 10.1. The molecule has 10 heteroatoms. The second-order valence-electron chi connectivity index (χ2n) is 8.47. The van der Waals surface area contributed by atoms with Crippen molar-refractivity contribution in [2.45, 2.75) is 13.1 Å². The number of ether oxygens (including phenoxy) is 2. The minimum atomic E-state index is -0.345. The number of hydrogen-bond acceptors (Lipinski definition) is 6. The topological polar surface area (TPSA) is 96.0 Å². The number of benzene rings is 2. The van der Waals surface area contributed by atoms with Gasteiger partial charge in [-0.1, -0.05) is 24.3 Å². The molecule has 3 heterocycles. The largest absolute Gasteiger partial charge is 0.454 e. The third-order valence-electron chi connectivity index (χ3n) is 6.18. The summed E-state index contributed by atoms with van der Waals surface area (Å²) >= 11 is 0. The summed E-state index contributed by atoms with van der Waals surface area (Å²) in [6.45, 7) is 2.61. The maximum Gasteiger partial charge on any atom is 0.317 e. The predicted octanol–water partition coefficient (Wildman–Crippen LogP) is 2.91. The molecule has 186 valence electrons. The lowest BCUT2D eigenvalue weighted by molar-refractivity contribution is 0.0950. The molecule has 2 aromatic carbocycles. The Bertz CT molecular complexity index is 1260. The number of urea groups is 1. The third-order valence-corrected chi connectivity index (χ3v) is 6.18. The van der Waals surface area contributed by atoms with Crippen LogP contribution in [0.15, 0.2) is 60.8 Å². The van der Waals surface area contributed by atoms with E-state index in [1.165, 1.54) is 6.07 Å². The molecule has 3 amide bonds. The number of piperazine rings is 1. The summed E-state index contributed by atoms with van der Waals surface area (Å²) in [5.41, 5.74) is 1.80. The molecule has 0 unspecified atom stereocenters. The number of halogens is 1. The number of pyridine rings is 1. The van der Waals surface area contributed by atoms with E-state index in [1.54, 1.807) is 41.4 Å². The minimum absolute atomic E-state index is 0.125. The van der Waals surface area contributed by atoms with Gasteiger partial charge in [-0.2, -0.15) is 0 Å². The van der Waals surface area contributed by atoms with E-state index in [1.807, 2.05) is 23.1 Å². The Morgan fingerprint density at radius 2 is 1.72 bits per heavy atom. The van der Waals surface area contributed by atoms with Crippen LogP contribution in [0, 0.1) is 5.82 Å². The number of fused-ring (bicyclic) bond motifs is 1. The molecule has 2 N–H and O–H groups in total. The Morgan fingerprint density at radius 3 is 2.56 bits per heavy atom. The summed E-state index contributed by atoms with van der Waals surface area (Å²) < 4.78 is 24.5. The summed E-state index contributed by atoms with van der Waals surface area (Å²) in [5.74, 6) is 1.36. The van der Waals surface area contributed by atoms with Crippen molar-refractivity contribution in [1.29, 1.82) is 0 Å². The quantitative estimate of drug-likeness (QED) is 0.551. The second-order valence-corrected chi connectivity index (χ2v) is 8.47. The van der Waals surface area contributed by atoms with E-state index in [0.717, 1.165) is 5.56 Å². The molecule has 5 rings (SSSR count). The van der Waals surface area contributed by atoms with E-state index < -0.39 is 0 Å². The van der Waals surface area contributed by atoms with Gasteiger partial charge in [-0.15, -0.1) is 0 Å². The smallest absolute Gasteiger partial charge is 0.317 e. The molecule has 1 saturated heterocycles. The zero-order valence-corrected chi connectivity index (χ0v) is 19.6. The molecular formula is C26H26FN5O4. The fraction of sp³-hybridized carbons (Fsp3) is 0.269. The van der Waals surface area contributed by atoms with Crippen LogP contribution in [0.25, 0.3) is 0 Å². The number of hydrogen-bond donors (Lipinski definition) is 2. The fourth-order valence-corrected chi connectivity index (χ4v) is 4.20. The van der Waals surface area contributed by atoms with Crippen molar-refractivity contribution in [3.05, 3.63) is 83.3 Å². The number of carbonyl (C=O) groups is 2. The Balaban J connectivity index is 1.16. The van der Waals surface area contributed by atoms with Crippen molar-refractivity contribution in [3.8, 4) is 11.5 Å². The van der Waals surface area contributed by atoms with Crippen molar-refractivity contribution in [2.75, 3.05) is 37.9 Å². The predicted molar refractivity (Wildman–Crippen MR) is 130 cm³/mol. The third kappa shape index (κ3) is 5.17. The average Bonchev–Trinajstić information content (AvgIpc) is 3.39. The lowest BCUT2D eigenvalue weighted by Crippen LogP contribution is -2.52. The van der Waals surface area contributed by atoms with E-state index in [4.69, 9.17) is 9.47 Å². The van der Waals surface area contributed by atoms with Gasteiger partial charge in [-0.05, 0) is 35.9 Å². The lowest BCUT2D eigenvalue weighted by Gasteiger charge is -2.36. The molecule has 0 radical (unpaired) electrons. The summed E-state index contributed by atoms with van der Waals surface area (Å²) in [7, 11) is 0. The minimum Gasteiger partial charge on any atom is -0.454 e. The second kappa shape index (κ2) is 10.5. The molecule has 0 aliphatic carbocycles. The molecule has 0 atom stereocenters. The fourth-order valence-electron chi connectivity index (χ4n) is 4.20. The van der Waals surface area contributed by atoms with Crippen LogP contribution in [0.4, 0.5) is 15.0 Å². The first kappa shape index (κ1) is 23.4. The standard InChI is InChI=1S/C26H26FN5O4/c27-21-6-2-1-4-19(21)16-30-26(34)32-12-10-31(11-13-32)24-20(5-3-9-28-24)25(33)29-15-18-7-8-22-23(14-18)36-17-35-22/h1-9,14H,10-13,15-17H2,(H,29,33)(H,30,34). The van der Waals surface area contributed by atoms with E-state index in [2.05, 4.69) is 15.6 Å². The van der Waals surface area contributed by atoms with Gasteiger partial charge in [-0.3, -0.25) is 4.79 Å². The van der Waals surface area contributed by atoms with E-state index in [-0.39, 0.29) is 31.1 Å². The number of nitrogens with one attached hydrogen (secondary N) is 2. The molecule has 0 spiro atoms. The molecule has 3 aromatic rings. The average molecular weight is 492 g/mol. The number of nitrogens with zero attached hydrogens (tertiary/aromatic N) is 3. The summed E-state index contributed by atoms with van der Waals surface area (Å²) in [4.78, 5) is 33.7. The van der Waals surface area contributed by atoms with E-state index >= 15 is 0 Å². The first-order valence-electron chi connectivity index (χ1n) is 11.7. The van der Waals surface area contributed by atoms with Gasteiger partial charge < -0.3 is 29.9 Å². The molecule has 2 aliphatic heterocycles. The molecule has 0 bridgehead atoms. The number of carbonyl (C=O) groups excluding carboxylic acids is 2. The molecule has 0 saturated carbocycles. The summed E-state index contributed by atoms with van der Waals surface area (Å²) in [6.07, 6.45) is 1.65. The Kier molecular flexibility index (Phi) is 6.83. The van der Waals surface area contributed by atoms with Gasteiger partial charge in [0.05, 0.1) is 5.56 Å². The zero-order valence-electron chi connectivity index (χ0n) is 19.6. The first-order valence-corrected chi connectivity index (χ1v) is 11.7. The van der Waals surface area contributed by atoms with Crippen LogP contribution in [0.1, 0.15) is 21.5 Å². The highest BCUT2D eigenvalue weighted by atomic mass is 19.1. The van der Waals surface area contributed by atoms with Crippen LogP contribution in [0.3, 0.4) is 0 Å². The molecule has 2 aliphatic rings. The van der Waals surface area contributed by atoms with Crippen LogP contribution in [-0.2, 0) is 13.1 Å². The van der Waals surface area contributed by atoms with Crippen molar-refractivity contribution >= 4 is 17.8 Å². The molecule has 1 aromatic heterocycles. The zero-order chi connectivity index (χ0) is 24.9. The molecule has 1 fully saturated rings. The highest BCUT2D eigenvalue weighted by Crippen LogP contribution is 2.32. The van der Waals surface area contributed by atoms with Crippen LogP contribution in [0.2, 0.25) is 0 Å². The van der Waals surface area contributed by atoms with Crippen LogP contribution in [0.5, 0.6) is 11.5 Å². The molecule has 9 nitrogen and oxygen atoms in total. The highest BCUT2D eigenvalue weighted by molar-refractivity contribution is 5.98. The van der Waals surface area contributed by atoms with Gasteiger partial charge in [-0.25, -0.2) is 14.2 Å². The number of anilines is 1. The SMILES string of the molecule is O=C(NCc1ccc2c(c1)OCO2)c1cccnc1N1CCN(C(=O)NCc2ccccc2F)CC1. The van der Waals surface area contributed by atoms with Crippen molar-refractivity contribution in [3.63, 3.8) is 0 Å². The van der Waals surface area contributed by atoms with Crippen LogP contribution >= 0.6 is 0 Å². The maximum atomic E-state index is 13.8. The number of rotatable bonds is 6. The van der Waals surface area contributed by atoms with Gasteiger partial charge >= 0.3 is 6.03 Å². The molecular weight excluding hydrogens is 465 g/mol. The van der Waals surface area contributed by atoms with Crippen molar-refractivity contribution in [1.82, 2.24) is 20.5 Å². The van der Waals surface area contributed by atoms with E-state index in [0.29, 0.717) is 61.2 Å². The van der Waals surface area contributed by atoms with Crippen molar-refractivity contribution < 1.29 is 23.5 Å². The Labute approximate surface area is 207 Å². The Morgan fingerprint density at radius 1 is 0.917 bits per heavy atom. The number of aromatic nitrogens is 1. The van der Waals surface area contributed by atoms with Gasteiger partial charge in [0.25, 0.3) is 5.91 Å². The maximum absolute atomic E-state index is 13.8. The highest BCUT2D eigenvalue weighted by Gasteiger charge is 2.25. The van der Waals surface area contributed by atoms with E-state index in [9.17, 15) is 14.0 Å². The number of amides is 3. The normalized spacial score (nSPS) is 14.5. The van der Waals surface area contributed by atoms with Crippen LogP contribution in [-0.4, -0.2) is 54.8 Å². The first-order chi connectivity index (χ1) is 17.6.